The second-order valence-corrected chi connectivity index (χ2v) is 4.32. The average Bonchev–Trinajstić information content (AvgIpc) is 3.09. The van der Waals surface area contributed by atoms with Gasteiger partial charge in [0.1, 0.15) is 11.7 Å². The van der Waals surface area contributed by atoms with Crippen LogP contribution in [0.15, 0.2) is 30.6 Å². The monoisotopic (exact) mass is 306 g/mol. The number of nitrogens with one attached hydrogen (secondary N) is 4. The van der Waals surface area contributed by atoms with Crippen molar-refractivity contribution in [3.63, 3.8) is 0 Å². The summed E-state index contributed by atoms with van der Waals surface area (Å²) < 4.78 is 1.20. The minimum atomic E-state index is -1.31. The molecule has 0 fully saturated rings. The molecule has 0 aliphatic rings. The number of carbonyl (C=O) groups excluding carboxylic acids is 2. The van der Waals surface area contributed by atoms with Gasteiger partial charge in [-0.05, 0) is 19.1 Å². The van der Waals surface area contributed by atoms with E-state index in [1.807, 2.05) is 5.32 Å². The molecule has 5 N–H and O–H groups in total. The molecule has 2 aromatic heterocycles. The lowest BCUT2D eigenvalue weighted by molar-refractivity contribution is -0.118. The van der Waals surface area contributed by atoms with Crippen LogP contribution in [0.5, 0.6) is 0 Å². The highest BCUT2D eigenvalue weighted by atomic mass is 16.4. The molecule has 22 heavy (non-hydrogen) atoms. The fourth-order valence-corrected chi connectivity index (χ4v) is 1.64. The number of anilines is 1. The number of carboxylic acid groups (broad SMARTS) is 1. The third kappa shape index (κ3) is 3.62. The third-order valence-corrected chi connectivity index (χ3v) is 2.69. The highest BCUT2D eigenvalue weighted by Crippen LogP contribution is 2.06. The van der Waals surface area contributed by atoms with Gasteiger partial charge in [0.15, 0.2) is 5.82 Å². The van der Waals surface area contributed by atoms with E-state index in [-0.39, 0.29) is 5.69 Å². The summed E-state index contributed by atoms with van der Waals surface area (Å²) in [5, 5.41) is 19.5. The van der Waals surface area contributed by atoms with Crippen LogP contribution in [0, 0.1) is 0 Å². The minimum absolute atomic E-state index is 0.166. The van der Waals surface area contributed by atoms with Gasteiger partial charge in [-0.2, -0.15) is 5.10 Å². The van der Waals surface area contributed by atoms with Gasteiger partial charge >= 0.3 is 6.09 Å². The van der Waals surface area contributed by atoms with E-state index >= 15 is 0 Å². The van der Waals surface area contributed by atoms with E-state index in [2.05, 4.69) is 20.9 Å². The Balaban J connectivity index is 2.04. The molecule has 2 rings (SSSR count). The molecule has 3 amide bonds. The number of hydrogen-bond donors (Lipinski definition) is 5. The van der Waals surface area contributed by atoms with Gasteiger partial charge in [-0.15, -0.1) is 0 Å². The standard InChI is InChI=1S/C12H14N6O4/c1-7(14-12(21)22)10(19)17-18-6-2-3-8(18)11(20)15-9-4-5-13-16-9/h2-7,14H,1H3,(H,17,19)(H,21,22)(H2,13,15,16,20). The maximum atomic E-state index is 12.1. The summed E-state index contributed by atoms with van der Waals surface area (Å²) in [4.78, 5) is 34.4. The zero-order valence-electron chi connectivity index (χ0n) is 11.5. The van der Waals surface area contributed by atoms with Crippen molar-refractivity contribution in [3.05, 3.63) is 36.3 Å². The van der Waals surface area contributed by atoms with Gasteiger partial charge in [0.05, 0.1) is 0 Å². The lowest BCUT2D eigenvalue weighted by Crippen LogP contribution is -2.43. The lowest BCUT2D eigenvalue weighted by atomic mass is 10.3. The molecular weight excluding hydrogens is 292 g/mol. The van der Waals surface area contributed by atoms with Crippen molar-refractivity contribution in [2.24, 2.45) is 0 Å². The molecule has 1 unspecified atom stereocenters. The molecule has 0 aliphatic carbocycles. The Kier molecular flexibility index (Phi) is 4.41. The lowest BCUT2D eigenvalue weighted by Gasteiger charge is -2.14. The van der Waals surface area contributed by atoms with E-state index in [1.54, 1.807) is 18.3 Å². The Morgan fingerprint density at radius 2 is 2.14 bits per heavy atom. The first-order chi connectivity index (χ1) is 10.5. The second kappa shape index (κ2) is 6.43. The van der Waals surface area contributed by atoms with Crippen molar-refractivity contribution in [3.8, 4) is 0 Å². The fourth-order valence-electron chi connectivity index (χ4n) is 1.64. The van der Waals surface area contributed by atoms with Crippen molar-refractivity contribution in [2.45, 2.75) is 13.0 Å². The van der Waals surface area contributed by atoms with E-state index in [4.69, 9.17) is 5.11 Å². The molecule has 10 heteroatoms. The van der Waals surface area contributed by atoms with Gasteiger partial charge in [-0.3, -0.25) is 24.8 Å². The maximum absolute atomic E-state index is 12.1. The van der Waals surface area contributed by atoms with Crippen LogP contribution in [-0.2, 0) is 4.79 Å². The van der Waals surface area contributed by atoms with E-state index in [0.29, 0.717) is 5.82 Å². The number of amides is 3. The van der Waals surface area contributed by atoms with Crippen LogP contribution in [0.2, 0.25) is 0 Å². The van der Waals surface area contributed by atoms with Crippen LogP contribution in [-0.4, -0.2) is 43.9 Å². The van der Waals surface area contributed by atoms with Crippen LogP contribution in [0.1, 0.15) is 17.4 Å². The van der Waals surface area contributed by atoms with Crippen LogP contribution < -0.4 is 16.1 Å². The quantitative estimate of drug-likeness (QED) is 0.536. The van der Waals surface area contributed by atoms with Gasteiger partial charge in [-0.1, -0.05) is 0 Å². The molecular formula is C12H14N6O4. The molecule has 1 atom stereocenters. The highest BCUT2D eigenvalue weighted by Gasteiger charge is 2.18. The first-order valence-corrected chi connectivity index (χ1v) is 6.26. The van der Waals surface area contributed by atoms with E-state index < -0.39 is 23.9 Å². The van der Waals surface area contributed by atoms with Crippen molar-refractivity contribution in [1.82, 2.24) is 20.2 Å². The van der Waals surface area contributed by atoms with Crippen LogP contribution in [0.3, 0.4) is 0 Å². The molecule has 2 heterocycles. The Morgan fingerprint density at radius 3 is 2.77 bits per heavy atom. The largest absolute Gasteiger partial charge is 0.465 e. The van der Waals surface area contributed by atoms with Gasteiger partial charge in [0.25, 0.3) is 11.8 Å². The smallest absolute Gasteiger partial charge is 0.405 e. The summed E-state index contributed by atoms with van der Waals surface area (Å²) in [5.41, 5.74) is 2.58. The van der Waals surface area contributed by atoms with E-state index in [9.17, 15) is 14.4 Å². The number of hydrogen-bond acceptors (Lipinski definition) is 4. The molecule has 0 spiro atoms. The van der Waals surface area contributed by atoms with E-state index in [1.165, 1.54) is 23.9 Å². The molecule has 0 aliphatic heterocycles. The fraction of sp³-hybridized carbons (Fsp3) is 0.167. The molecule has 0 radical (unpaired) electrons. The first kappa shape index (κ1) is 15.1. The summed E-state index contributed by atoms with van der Waals surface area (Å²) in [7, 11) is 0. The number of carbonyl (C=O) groups is 3. The molecule has 10 nitrogen and oxygen atoms in total. The van der Waals surface area contributed by atoms with Gasteiger partial charge in [0.2, 0.25) is 0 Å². The second-order valence-electron chi connectivity index (χ2n) is 4.32. The Morgan fingerprint density at radius 1 is 1.36 bits per heavy atom. The van der Waals surface area contributed by atoms with Gasteiger partial charge in [-0.25, -0.2) is 4.79 Å². The van der Waals surface area contributed by atoms with Gasteiger partial charge < -0.3 is 15.7 Å². The Hall–Kier alpha value is -3.30. The number of aromatic nitrogens is 3. The Bertz CT molecular complexity index is 678. The number of H-pyrrole nitrogens is 1. The first-order valence-electron chi connectivity index (χ1n) is 6.26. The van der Waals surface area contributed by atoms with Crippen LogP contribution in [0.4, 0.5) is 10.6 Å². The highest BCUT2D eigenvalue weighted by molar-refractivity contribution is 6.03. The average molecular weight is 306 g/mol. The third-order valence-electron chi connectivity index (χ3n) is 2.69. The normalized spacial score (nSPS) is 11.5. The SMILES string of the molecule is CC(NC(=O)O)C(=O)Nn1cccc1C(=O)Nc1cc[nH]n1. The predicted octanol–water partition coefficient (Wildman–Crippen LogP) is 0.190. The summed E-state index contributed by atoms with van der Waals surface area (Å²) >= 11 is 0. The van der Waals surface area contributed by atoms with E-state index in [0.717, 1.165) is 0 Å². The molecule has 0 bridgehead atoms. The number of aromatic amines is 1. The summed E-state index contributed by atoms with van der Waals surface area (Å²) in [6, 6.07) is 3.66. The topological polar surface area (TPSA) is 141 Å². The van der Waals surface area contributed by atoms with Crippen molar-refractivity contribution in [1.29, 1.82) is 0 Å². The summed E-state index contributed by atoms with van der Waals surface area (Å²) in [6.45, 7) is 1.39. The van der Waals surface area contributed by atoms with Crippen molar-refractivity contribution in [2.75, 3.05) is 10.7 Å². The molecule has 0 saturated heterocycles. The maximum Gasteiger partial charge on any atom is 0.405 e. The zero-order chi connectivity index (χ0) is 16.1. The number of nitrogens with zero attached hydrogens (tertiary/aromatic N) is 2. The summed E-state index contributed by atoms with van der Waals surface area (Å²) in [6.07, 6.45) is 1.70. The predicted molar refractivity (Wildman–Crippen MR) is 76.0 cm³/mol. The molecule has 0 saturated carbocycles. The minimum Gasteiger partial charge on any atom is -0.465 e. The van der Waals surface area contributed by atoms with Gasteiger partial charge in [0, 0.05) is 18.5 Å². The number of rotatable bonds is 5. The molecule has 2 aromatic rings. The van der Waals surface area contributed by atoms with Crippen LogP contribution >= 0.6 is 0 Å². The van der Waals surface area contributed by atoms with Crippen molar-refractivity contribution >= 4 is 23.7 Å². The summed E-state index contributed by atoms with van der Waals surface area (Å²) in [5.74, 6) is -0.742. The van der Waals surface area contributed by atoms with Crippen molar-refractivity contribution < 1.29 is 19.5 Å². The molecule has 116 valence electrons. The zero-order valence-corrected chi connectivity index (χ0v) is 11.5. The van der Waals surface area contributed by atoms with Crippen LogP contribution in [0.25, 0.3) is 0 Å². The molecule has 0 aromatic carbocycles. The Labute approximate surface area is 124 Å².